The van der Waals surface area contributed by atoms with E-state index < -0.39 is 23.5 Å². The number of carboxylic acids is 1. The lowest BCUT2D eigenvalue weighted by Gasteiger charge is -2.08. The van der Waals surface area contributed by atoms with Gasteiger partial charge >= 0.3 is 12.1 Å². The van der Waals surface area contributed by atoms with Crippen molar-refractivity contribution in [2.24, 2.45) is 0 Å². The highest BCUT2D eigenvalue weighted by Gasteiger charge is 2.35. The number of nitrogens with zero attached hydrogens (tertiary/aromatic N) is 2. The van der Waals surface area contributed by atoms with Gasteiger partial charge in [0, 0.05) is 5.56 Å². The molecule has 4 nitrogen and oxygen atoms in total. The van der Waals surface area contributed by atoms with Crippen molar-refractivity contribution in [3.8, 4) is 11.1 Å². The highest BCUT2D eigenvalue weighted by Crippen LogP contribution is 2.34. The van der Waals surface area contributed by atoms with Crippen molar-refractivity contribution in [3.63, 3.8) is 0 Å². The van der Waals surface area contributed by atoms with Gasteiger partial charge < -0.3 is 5.11 Å². The van der Waals surface area contributed by atoms with E-state index in [4.69, 9.17) is 0 Å². The second kappa shape index (κ2) is 4.87. The number of alkyl halides is 3. The number of pyridine rings is 1. The van der Waals surface area contributed by atoms with Crippen molar-refractivity contribution in [2.75, 3.05) is 0 Å². The molecule has 22 heavy (non-hydrogen) atoms. The Balaban J connectivity index is 2.41. The molecule has 0 atom stereocenters. The monoisotopic (exact) mass is 306 g/mol. The molecule has 0 saturated heterocycles. The molecule has 0 bridgehead atoms. The fraction of sp³-hybridized carbons (Fsp3) is 0.0667. The van der Waals surface area contributed by atoms with Gasteiger partial charge in [0.05, 0.1) is 5.52 Å². The van der Waals surface area contributed by atoms with Crippen molar-refractivity contribution in [1.82, 2.24) is 9.61 Å². The summed E-state index contributed by atoms with van der Waals surface area (Å²) in [5, 5.41) is 12.9. The molecule has 1 aromatic carbocycles. The number of carboxylic acid groups (broad SMARTS) is 1. The predicted molar refractivity (Wildman–Crippen MR) is 72.6 cm³/mol. The van der Waals surface area contributed by atoms with Gasteiger partial charge in [0.15, 0.2) is 5.69 Å². The third kappa shape index (κ3) is 2.20. The number of fused-ring (bicyclic) bond motifs is 1. The second-order valence-corrected chi connectivity index (χ2v) is 4.60. The van der Waals surface area contributed by atoms with Crippen LogP contribution >= 0.6 is 0 Å². The first-order chi connectivity index (χ1) is 10.4. The molecule has 2 heterocycles. The summed E-state index contributed by atoms with van der Waals surface area (Å²) in [5.41, 5.74) is -0.676. The molecule has 0 aliphatic heterocycles. The minimum Gasteiger partial charge on any atom is -0.476 e. The summed E-state index contributed by atoms with van der Waals surface area (Å²) in [6.07, 6.45) is -4.63. The van der Waals surface area contributed by atoms with Crippen molar-refractivity contribution in [1.29, 1.82) is 0 Å². The maximum absolute atomic E-state index is 13.1. The van der Waals surface area contributed by atoms with E-state index in [0.29, 0.717) is 10.1 Å². The predicted octanol–water partition coefficient (Wildman–Crippen LogP) is 3.72. The summed E-state index contributed by atoms with van der Waals surface area (Å²) in [7, 11) is 0. The second-order valence-electron chi connectivity index (χ2n) is 4.60. The van der Waals surface area contributed by atoms with Crippen LogP contribution in [0.1, 0.15) is 16.2 Å². The summed E-state index contributed by atoms with van der Waals surface area (Å²) < 4.78 is 39.8. The van der Waals surface area contributed by atoms with E-state index in [1.165, 1.54) is 12.1 Å². The third-order valence-electron chi connectivity index (χ3n) is 3.21. The molecule has 7 heteroatoms. The molecule has 0 aliphatic rings. The Labute approximate surface area is 122 Å². The highest BCUT2D eigenvalue weighted by atomic mass is 19.4. The SMILES string of the molecule is O=C(O)c1nn2c(C(F)(F)F)cccc2c1-c1ccccc1. The van der Waals surface area contributed by atoms with Crippen LogP contribution in [0.5, 0.6) is 0 Å². The molecule has 0 unspecified atom stereocenters. The van der Waals surface area contributed by atoms with Gasteiger partial charge in [0.2, 0.25) is 0 Å². The molecule has 112 valence electrons. The molecule has 0 radical (unpaired) electrons. The summed E-state index contributed by atoms with van der Waals surface area (Å²) >= 11 is 0. The third-order valence-corrected chi connectivity index (χ3v) is 3.21. The maximum Gasteiger partial charge on any atom is 0.433 e. The van der Waals surface area contributed by atoms with Crippen LogP contribution in [0.4, 0.5) is 13.2 Å². The first-order valence-corrected chi connectivity index (χ1v) is 6.27. The molecule has 0 saturated carbocycles. The van der Waals surface area contributed by atoms with E-state index in [0.717, 1.165) is 6.07 Å². The van der Waals surface area contributed by atoms with E-state index in [-0.39, 0.29) is 11.1 Å². The van der Waals surface area contributed by atoms with Crippen molar-refractivity contribution in [3.05, 3.63) is 59.9 Å². The van der Waals surface area contributed by atoms with E-state index in [2.05, 4.69) is 5.10 Å². The maximum atomic E-state index is 13.1. The Morgan fingerprint density at radius 2 is 1.73 bits per heavy atom. The standard InChI is InChI=1S/C15H9F3N2O2/c16-15(17,18)11-8-4-7-10-12(9-5-2-1-3-6-9)13(14(21)22)19-20(10)11/h1-8H,(H,21,22). The van der Waals surface area contributed by atoms with Gasteiger partial charge in [0.1, 0.15) is 5.69 Å². The lowest BCUT2D eigenvalue weighted by Crippen LogP contribution is -2.12. The Morgan fingerprint density at radius 3 is 2.32 bits per heavy atom. The number of aromatic carboxylic acids is 1. The normalized spacial score (nSPS) is 11.8. The highest BCUT2D eigenvalue weighted by molar-refractivity contribution is 5.99. The minimum absolute atomic E-state index is 0.0958. The molecule has 2 aromatic heterocycles. The van der Waals surface area contributed by atoms with Crippen LogP contribution in [0, 0.1) is 0 Å². The number of rotatable bonds is 2. The smallest absolute Gasteiger partial charge is 0.433 e. The van der Waals surface area contributed by atoms with Crippen molar-refractivity contribution < 1.29 is 23.1 Å². The van der Waals surface area contributed by atoms with Gasteiger partial charge in [-0.1, -0.05) is 36.4 Å². The average Bonchev–Trinajstić information content (AvgIpc) is 2.86. The van der Waals surface area contributed by atoms with Crippen molar-refractivity contribution in [2.45, 2.75) is 6.18 Å². The Hall–Kier alpha value is -2.83. The Morgan fingerprint density at radius 1 is 1.05 bits per heavy atom. The van der Waals surface area contributed by atoms with E-state index >= 15 is 0 Å². The van der Waals surface area contributed by atoms with Crippen LogP contribution in [0.25, 0.3) is 16.6 Å². The van der Waals surface area contributed by atoms with E-state index in [1.807, 2.05) is 0 Å². The van der Waals surface area contributed by atoms with Crippen LogP contribution < -0.4 is 0 Å². The molecule has 0 aliphatic carbocycles. The van der Waals surface area contributed by atoms with Gasteiger partial charge in [-0.25, -0.2) is 9.31 Å². The molecule has 0 spiro atoms. The lowest BCUT2D eigenvalue weighted by atomic mass is 10.0. The van der Waals surface area contributed by atoms with E-state index in [1.54, 1.807) is 30.3 Å². The van der Waals surface area contributed by atoms with Crippen LogP contribution in [0.3, 0.4) is 0 Å². The topological polar surface area (TPSA) is 54.6 Å². The quantitative estimate of drug-likeness (QED) is 0.785. The molecule has 1 N–H and O–H groups in total. The van der Waals surface area contributed by atoms with Gasteiger partial charge in [0.25, 0.3) is 0 Å². The zero-order valence-electron chi connectivity index (χ0n) is 11.0. The number of hydrogen-bond acceptors (Lipinski definition) is 2. The van der Waals surface area contributed by atoms with Crippen LogP contribution in [0.15, 0.2) is 48.5 Å². The zero-order valence-corrected chi connectivity index (χ0v) is 11.0. The first-order valence-electron chi connectivity index (χ1n) is 6.27. The van der Waals surface area contributed by atoms with Gasteiger partial charge in [-0.05, 0) is 17.7 Å². The largest absolute Gasteiger partial charge is 0.476 e. The Bertz CT molecular complexity index is 854. The van der Waals surface area contributed by atoms with Crippen LogP contribution in [-0.2, 0) is 6.18 Å². The zero-order chi connectivity index (χ0) is 15.9. The number of carbonyl (C=O) groups is 1. The van der Waals surface area contributed by atoms with E-state index in [9.17, 15) is 23.1 Å². The molecule has 3 aromatic rings. The number of hydrogen-bond donors (Lipinski definition) is 1. The first kappa shape index (κ1) is 14.1. The van der Waals surface area contributed by atoms with Crippen LogP contribution in [0.2, 0.25) is 0 Å². The summed E-state index contributed by atoms with van der Waals surface area (Å²) in [6, 6.07) is 11.9. The molecule has 0 fully saturated rings. The summed E-state index contributed by atoms with van der Waals surface area (Å²) in [4.78, 5) is 11.4. The molecule has 0 amide bonds. The van der Waals surface area contributed by atoms with Crippen molar-refractivity contribution >= 4 is 11.5 Å². The number of benzene rings is 1. The number of aromatic nitrogens is 2. The number of halogens is 3. The Kier molecular flexibility index (Phi) is 3.13. The average molecular weight is 306 g/mol. The van der Waals surface area contributed by atoms with Gasteiger partial charge in [-0.2, -0.15) is 18.3 Å². The summed E-state index contributed by atoms with van der Waals surface area (Å²) in [6.45, 7) is 0. The molecular weight excluding hydrogens is 297 g/mol. The minimum atomic E-state index is -4.63. The summed E-state index contributed by atoms with van der Waals surface area (Å²) in [5.74, 6) is -1.38. The molecule has 3 rings (SSSR count). The lowest BCUT2D eigenvalue weighted by molar-refractivity contribution is -0.142. The van der Waals surface area contributed by atoms with Gasteiger partial charge in [-0.3, -0.25) is 0 Å². The van der Waals surface area contributed by atoms with Gasteiger partial charge in [-0.15, -0.1) is 0 Å². The fourth-order valence-corrected chi connectivity index (χ4v) is 2.32. The van der Waals surface area contributed by atoms with Crippen LogP contribution in [-0.4, -0.2) is 20.7 Å². The molecular formula is C15H9F3N2O2. The fourth-order valence-electron chi connectivity index (χ4n) is 2.32.